The second-order valence-corrected chi connectivity index (χ2v) is 4.56. The van der Waals surface area contributed by atoms with Gasteiger partial charge in [0.1, 0.15) is 5.15 Å². The minimum Gasteiger partial charge on any atom is -0.396 e. The zero-order valence-electron chi connectivity index (χ0n) is 9.23. The molecule has 1 aliphatic heterocycles. The van der Waals surface area contributed by atoms with Crippen LogP contribution in [0.1, 0.15) is 11.1 Å². The summed E-state index contributed by atoms with van der Waals surface area (Å²) in [4.78, 5) is 6.45. The fourth-order valence-electron chi connectivity index (χ4n) is 2.17. The third-order valence-corrected chi connectivity index (χ3v) is 3.22. The van der Waals surface area contributed by atoms with E-state index < -0.39 is 0 Å². The average molecular weight is 246 g/mol. The van der Waals surface area contributed by atoms with Crippen LogP contribution in [0.3, 0.4) is 0 Å². The Balaban J connectivity index is 1.96. The predicted molar refractivity (Wildman–Crippen MR) is 70.0 cm³/mol. The monoisotopic (exact) mass is 245 g/mol. The van der Waals surface area contributed by atoms with Crippen LogP contribution in [0.25, 0.3) is 0 Å². The minimum absolute atomic E-state index is 0.477. The van der Waals surface area contributed by atoms with Crippen LogP contribution in [0.15, 0.2) is 36.4 Å². The van der Waals surface area contributed by atoms with Crippen molar-refractivity contribution in [1.82, 2.24) is 4.98 Å². The summed E-state index contributed by atoms with van der Waals surface area (Å²) in [6.45, 7) is 1.68. The highest BCUT2D eigenvalue weighted by Crippen LogP contribution is 2.31. The number of rotatable bonds is 1. The number of pyridine rings is 1. The van der Waals surface area contributed by atoms with E-state index in [1.165, 1.54) is 11.1 Å². The summed E-state index contributed by atoms with van der Waals surface area (Å²) in [5.41, 5.74) is 9.26. The molecule has 3 nitrogen and oxygen atoms in total. The van der Waals surface area contributed by atoms with Crippen molar-refractivity contribution in [3.63, 3.8) is 0 Å². The first-order valence-corrected chi connectivity index (χ1v) is 5.85. The first-order valence-electron chi connectivity index (χ1n) is 5.48. The largest absolute Gasteiger partial charge is 0.396 e. The standard InChI is InChI=1S/C13H12ClN3/c14-12-6-5-11(15)13(16-12)17-7-9-3-1-2-4-10(9)8-17/h1-6H,7-8,15H2. The van der Waals surface area contributed by atoms with Crippen LogP contribution in [0, 0.1) is 0 Å². The number of hydrogen-bond acceptors (Lipinski definition) is 3. The van der Waals surface area contributed by atoms with Gasteiger partial charge in [0.2, 0.25) is 0 Å². The molecule has 0 fully saturated rings. The molecule has 86 valence electrons. The highest BCUT2D eigenvalue weighted by atomic mass is 35.5. The molecule has 0 spiro atoms. The lowest BCUT2D eigenvalue weighted by molar-refractivity contribution is 0.859. The van der Waals surface area contributed by atoms with E-state index >= 15 is 0 Å². The topological polar surface area (TPSA) is 42.1 Å². The molecule has 0 radical (unpaired) electrons. The number of anilines is 2. The van der Waals surface area contributed by atoms with Gasteiger partial charge in [-0.05, 0) is 23.3 Å². The zero-order chi connectivity index (χ0) is 11.8. The van der Waals surface area contributed by atoms with E-state index in [1.54, 1.807) is 12.1 Å². The van der Waals surface area contributed by atoms with Crippen molar-refractivity contribution in [2.75, 3.05) is 10.6 Å². The maximum absolute atomic E-state index is 5.94. The maximum Gasteiger partial charge on any atom is 0.154 e. The summed E-state index contributed by atoms with van der Waals surface area (Å²) in [7, 11) is 0. The SMILES string of the molecule is Nc1ccc(Cl)nc1N1Cc2ccccc2C1. The molecule has 2 aromatic rings. The smallest absolute Gasteiger partial charge is 0.154 e. The number of halogens is 1. The number of nitrogens with two attached hydrogens (primary N) is 1. The maximum atomic E-state index is 5.94. The van der Waals surface area contributed by atoms with E-state index in [4.69, 9.17) is 17.3 Å². The molecule has 0 bridgehead atoms. The molecule has 17 heavy (non-hydrogen) atoms. The summed E-state index contributed by atoms with van der Waals surface area (Å²) in [5.74, 6) is 0.772. The van der Waals surface area contributed by atoms with Gasteiger partial charge in [-0.1, -0.05) is 35.9 Å². The quantitative estimate of drug-likeness (QED) is 0.786. The summed E-state index contributed by atoms with van der Waals surface area (Å²) in [6.07, 6.45) is 0. The number of aromatic nitrogens is 1. The van der Waals surface area contributed by atoms with Gasteiger partial charge in [-0.15, -0.1) is 0 Å². The van der Waals surface area contributed by atoms with Crippen LogP contribution >= 0.6 is 11.6 Å². The van der Waals surface area contributed by atoms with Gasteiger partial charge < -0.3 is 10.6 Å². The molecule has 2 N–H and O–H groups in total. The average Bonchev–Trinajstić information content (AvgIpc) is 2.75. The Hall–Kier alpha value is -1.74. The molecule has 3 rings (SSSR count). The Labute approximate surface area is 105 Å². The Morgan fingerprint density at radius 3 is 2.35 bits per heavy atom. The van der Waals surface area contributed by atoms with Crippen molar-refractivity contribution in [2.45, 2.75) is 13.1 Å². The van der Waals surface area contributed by atoms with Crippen molar-refractivity contribution in [1.29, 1.82) is 0 Å². The van der Waals surface area contributed by atoms with Gasteiger partial charge in [-0.2, -0.15) is 0 Å². The summed E-state index contributed by atoms with van der Waals surface area (Å²) < 4.78 is 0. The molecule has 0 saturated heterocycles. The molecule has 0 amide bonds. The first-order chi connectivity index (χ1) is 8.24. The molecule has 0 aliphatic carbocycles. The predicted octanol–water partition coefficient (Wildman–Crippen LogP) is 2.84. The molecule has 0 atom stereocenters. The number of nitrogen functional groups attached to an aromatic ring is 1. The lowest BCUT2D eigenvalue weighted by Gasteiger charge is -2.18. The Bertz CT molecular complexity index is 543. The molecule has 0 unspecified atom stereocenters. The van der Waals surface area contributed by atoms with Crippen molar-refractivity contribution in [3.05, 3.63) is 52.7 Å². The van der Waals surface area contributed by atoms with Gasteiger partial charge in [-0.25, -0.2) is 4.98 Å². The van der Waals surface area contributed by atoms with Gasteiger partial charge in [0.05, 0.1) is 5.69 Å². The van der Waals surface area contributed by atoms with Crippen molar-refractivity contribution in [3.8, 4) is 0 Å². The first kappa shape index (κ1) is 10.4. The van der Waals surface area contributed by atoms with Crippen molar-refractivity contribution < 1.29 is 0 Å². The number of fused-ring (bicyclic) bond motifs is 1. The normalized spacial score (nSPS) is 13.8. The Kier molecular flexibility index (Phi) is 2.41. The molecule has 1 aliphatic rings. The molecule has 4 heteroatoms. The number of benzene rings is 1. The fourth-order valence-corrected chi connectivity index (χ4v) is 2.32. The van der Waals surface area contributed by atoms with Crippen molar-refractivity contribution >= 4 is 23.1 Å². The minimum atomic E-state index is 0.477. The van der Waals surface area contributed by atoms with Crippen LogP contribution in [0.4, 0.5) is 11.5 Å². The lowest BCUT2D eigenvalue weighted by Crippen LogP contribution is -2.17. The van der Waals surface area contributed by atoms with Crippen LogP contribution in [-0.4, -0.2) is 4.98 Å². The molecule has 1 aromatic heterocycles. The van der Waals surface area contributed by atoms with Gasteiger partial charge in [0, 0.05) is 13.1 Å². The zero-order valence-corrected chi connectivity index (χ0v) is 9.98. The molecular weight excluding hydrogens is 234 g/mol. The van der Waals surface area contributed by atoms with E-state index in [9.17, 15) is 0 Å². The second-order valence-electron chi connectivity index (χ2n) is 4.17. The van der Waals surface area contributed by atoms with Crippen LogP contribution in [0.2, 0.25) is 5.15 Å². The summed E-state index contributed by atoms with van der Waals surface area (Å²) in [5, 5.41) is 0.477. The Morgan fingerprint density at radius 2 is 1.71 bits per heavy atom. The van der Waals surface area contributed by atoms with Gasteiger partial charge in [0.25, 0.3) is 0 Å². The van der Waals surface area contributed by atoms with E-state index in [0.717, 1.165) is 18.9 Å². The van der Waals surface area contributed by atoms with E-state index in [1.807, 2.05) is 0 Å². The lowest BCUT2D eigenvalue weighted by atomic mass is 10.1. The summed E-state index contributed by atoms with van der Waals surface area (Å²) >= 11 is 5.91. The van der Waals surface area contributed by atoms with Gasteiger partial charge in [0.15, 0.2) is 5.82 Å². The third-order valence-electron chi connectivity index (χ3n) is 3.01. The highest BCUT2D eigenvalue weighted by Gasteiger charge is 2.21. The Morgan fingerprint density at radius 1 is 1.06 bits per heavy atom. The van der Waals surface area contributed by atoms with Crippen LogP contribution < -0.4 is 10.6 Å². The summed E-state index contributed by atoms with van der Waals surface area (Å²) in [6, 6.07) is 11.9. The molecular formula is C13H12ClN3. The number of hydrogen-bond donors (Lipinski definition) is 1. The van der Waals surface area contributed by atoms with Gasteiger partial charge >= 0.3 is 0 Å². The third kappa shape index (κ3) is 1.83. The van der Waals surface area contributed by atoms with E-state index in [-0.39, 0.29) is 0 Å². The molecule has 2 heterocycles. The fraction of sp³-hybridized carbons (Fsp3) is 0.154. The molecule has 0 saturated carbocycles. The highest BCUT2D eigenvalue weighted by molar-refractivity contribution is 6.29. The van der Waals surface area contributed by atoms with Crippen LogP contribution in [-0.2, 0) is 13.1 Å². The van der Waals surface area contributed by atoms with Gasteiger partial charge in [-0.3, -0.25) is 0 Å². The number of nitrogens with zero attached hydrogens (tertiary/aromatic N) is 2. The van der Waals surface area contributed by atoms with E-state index in [2.05, 4.69) is 34.1 Å². The molecule has 1 aromatic carbocycles. The van der Waals surface area contributed by atoms with Crippen molar-refractivity contribution in [2.24, 2.45) is 0 Å². The van der Waals surface area contributed by atoms with Crippen LogP contribution in [0.5, 0.6) is 0 Å². The van der Waals surface area contributed by atoms with E-state index in [0.29, 0.717) is 10.8 Å². The second kappa shape index (κ2) is 3.93.